The highest BCUT2D eigenvalue weighted by molar-refractivity contribution is 6.33. The Hall–Kier alpha value is -1.02. The second-order valence-electron chi connectivity index (χ2n) is 1.96. The van der Waals surface area contributed by atoms with Crippen molar-refractivity contribution in [2.75, 3.05) is 0 Å². The zero-order chi connectivity index (χ0) is 6.97. The van der Waals surface area contributed by atoms with Gasteiger partial charge in [0.1, 0.15) is 0 Å². The van der Waals surface area contributed by atoms with Crippen LogP contribution in [0.15, 0.2) is 18.5 Å². The zero-order valence-electron chi connectivity index (χ0n) is 5.06. The normalized spacial score (nSPS) is 10.5. The molecule has 2 nitrogen and oxygen atoms in total. The fourth-order valence-corrected chi connectivity index (χ4v) is 1.09. The van der Waals surface area contributed by atoms with E-state index in [1.807, 2.05) is 6.07 Å². The Morgan fingerprint density at radius 3 is 3.30 bits per heavy atom. The predicted molar refractivity (Wildman–Crippen MR) is 39.9 cm³/mol. The van der Waals surface area contributed by atoms with Gasteiger partial charge in [-0.15, -0.1) is 0 Å². The van der Waals surface area contributed by atoms with Crippen LogP contribution in [-0.4, -0.2) is 9.97 Å². The van der Waals surface area contributed by atoms with E-state index in [1.54, 1.807) is 12.4 Å². The van der Waals surface area contributed by atoms with Gasteiger partial charge in [-0.3, -0.25) is 0 Å². The molecule has 0 aliphatic carbocycles. The summed E-state index contributed by atoms with van der Waals surface area (Å²) in [6, 6.07) is 4.84. The maximum atomic E-state index is 5.74. The molecule has 49 valence electrons. The number of fused-ring (bicyclic) bond motifs is 1. The number of nitrogens with zero attached hydrogens (tertiary/aromatic N) is 1. The van der Waals surface area contributed by atoms with Crippen LogP contribution in [-0.2, 0) is 0 Å². The standard InChI is InChI=1S/C7H4ClN2/c8-7-6-5(1-3-9-6)2-4-10-7/h2-4,9H. The van der Waals surface area contributed by atoms with Crippen molar-refractivity contribution in [3.05, 3.63) is 29.7 Å². The van der Waals surface area contributed by atoms with Crippen LogP contribution in [0.3, 0.4) is 0 Å². The maximum absolute atomic E-state index is 5.74. The van der Waals surface area contributed by atoms with Gasteiger partial charge in [-0.2, -0.15) is 0 Å². The van der Waals surface area contributed by atoms with Crippen LogP contribution in [0.2, 0.25) is 5.15 Å². The van der Waals surface area contributed by atoms with Crippen LogP contribution in [0.25, 0.3) is 10.9 Å². The Morgan fingerprint density at radius 2 is 2.50 bits per heavy atom. The first-order valence-electron chi connectivity index (χ1n) is 2.87. The van der Waals surface area contributed by atoms with Gasteiger partial charge in [-0.1, -0.05) is 11.6 Å². The topological polar surface area (TPSA) is 28.7 Å². The molecule has 1 radical (unpaired) electrons. The molecular weight excluding hydrogens is 148 g/mol. The highest BCUT2D eigenvalue weighted by atomic mass is 35.5. The fourth-order valence-electron chi connectivity index (χ4n) is 0.880. The molecule has 2 aromatic rings. The van der Waals surface area contributed by atoms with E-state index in [1.165, 1.54) is 0 Å². The third kappa shape index (κ3) is 0.693. The summed E-state index contributed by atoms with van der Waals surface area (Å²) in [5.74, 6) is 0. The van der Waals surface area contributed by atoms with Gasteiger partial charge in [0.05, 0.1) is 5.52 Å². The number of pyridine rings is 1. The second kappa shape index (κ2) is 1.99. The van der Waals surface area contributed by atoms with Gasteiger partial charge in [0, 0.05) is 23.8 Å². The molecule has 0 atom stereocenters. The van der Waals surface area contributed by atoms with E-state index in [4.69, 9.17) is 11.6 Å². The summed E-state index contributed by atoms with van der Waals surface area (Å²) in [4.78, 5) is 6.83. The van der Waals surface area contributed by atoms with Crippen LogP contribution in [0, 0.1) is 6.07 Å². The van der Waals surface area contributed by atoms with Crippen molar-refractivity contribution in [3.63, 3.8) is 0 Å². The number of nitrogens with one attached hydrogen (secondary N) is 1. The lowest BCUT2D eigenvalue weighted by molar-refractivity contribution is 1.34. The van der Waals surface area contributed by atoms with Crippen LogP contribution < -0.4 is 0 Å². The molecule has 0 saturated heterocycles. The molecule has 1 N–H and O–H groups in total. The van der Waals surface area contributed by atoms with Gasteiger partial charge in [0.2, 0.25) is 0 Å². The second-order valence-corrected chi connectivity index (χ2v) is 2.32. The van der Waals surface area contributed by atoms with Crippen LogP contribution in [0.1, 0.15) is 0 Å². The fraction of sp³-hybridized carbons (Fsp3) is 0. The summed E-state index contributed by atoms with van der Waals surface area (Å²) in [7, 11) is 0. The summed E-state index contributed by atoms with van der Waals surface area (Å²) < 4.78 is 0. The van der Waals surface area contributed by atoms with E-state index in [0.29, 0.717) is 5.15 Å². The summed E-state index contributed by atoms with van der Waals surface area (Å²) in [6.45, 7) is 0. The number of halogens is 1. The Bertz CT molecular complexity index is 353. The van der Waals surface area contributed by atoms with Crippen molar-refractivity contribution in [2.24, 2.45) is 0 Å². The smallest absolute Gasteiger partial charge is 0.153 e. The van der Waals surface area contributed by atoms with Gasteiger partial charge in [0.25, 0.3) is 0 Å². The lowest BCUT2D eigenvalue weighted by Crippen LogP contribution is -1.74. The quantitative estimate of drug-likeness (QED) is 0.574. The summed E-state index contributed by atoms with van der Waals surface area (Å²) in [5.41, 5.74) is 0.851. The molecule has 0 aromatic carbocycles. The molecule has 10 heavy (non-hydrogen) atoms. The number of hydrogen-bond acceptors (Lipinski definition) is 1. The number of hydrogen-bond donors (Lipinski definition) is 1. The third-order valence-electron chi connectivity index (χ3n) is 1.35. The Labute approximate surface area is 62.8 Å². The molecule has 0 spiro atoms. The summed E-state index contributed by atoms with van der Waals surface area (Å²) in [5, 5.41) is 1.47. The largest absolute Gasteiger partial charge is 0.358 e. The lowest BCUT2D eigenvalue weighted by Gasteiger charge is -1.89. The van der Waals surface area contributed by atoms with E-state index < -0.39 is 0 Å². The van der Waals surface area contributed by atoms with E-state index in [9.17, 15) is 0 Å². The van der Waals surface area contributed by atoms with Crippen molar-refractivity contribution in [1.82, 2.24) is 9.97 Å². The minimum absolute atomic E-state index is 0.499. The van der Waals surface area contributed by atoms with Crippen molar-refractivity contribution in [2.45, 2.75) is 0 Å². The molecule has 0 unspecified atom stereocenters. The maximum Gasteiger partial charge on any atom is 0.153 e. The first-order valence-corrected chi connectivity index (χ1v) is 3.25. The van der Waals surface area contributed by atoms with E-state index in [-0.39, 0.29) is 0 Å². The minimum atomic E-state index is 0.499. The number of aromatic nitrogens is 2. The first kappa shape index (κ1) is 5.74. The van der Waals surface area contributed by atoms with Crippen LogP contribution in [0.4, 0.5) is 0 Å². The highest BCUT2D eigenvalue weighted by Gasteiger charge is 1.97. The van der Waals surface area contributed by atoms with Gasteiger partial charge < -0.3 is 4.98 Å². The molecule has 2 aromatic heterocycles. The molecule has 0 saturated carbocycles. The van der Waals surface area contributed by atoms with Crippen LogP contribution in [0.5, 0.6) is 0 Å². The number of aromatic amines is 1. The van der Waals surface area contributed by atoms with Gasteiger partial charge in [-0.05, 0) is 6.07 Å². The minimum Gasteiger partial charge on any atom is -0.358 e. The zero-order valence-corrected chi connectivity index (χ0v) is 5.81. The number of H-pyrrole nitrogens is 1. The molecule has 0 aliphatic rings. The van der Waals surface area contributed by atoms with Gasteiger partial charge >= 0.3 is 0 Å². The summed E-state index contributed by atoms with van der Waals surface area (Å²) in [6.07, 6.45) is 3.38. The Kier molecular flexibility index (Phi) is 1.14. The van der Waals surface area contributed by atoms with Gasteiger partial charge in [-0.25, -0.2) is 4.98 Å². The van der Waals surface area contributed by atoms with Crippen LogP contribution >= 0.6 is 11.6 Å². The number of rotatable bonds is 0. The molecule has 2 heterocycles. The van der Waals surface area contributed by atoms with E-state index >= 15 is 0 Å². The first-order chi connectivity index (χ1) is 4.88. The summed E-state index contributed by atoms with van der Waals surface area (Å²) >= 11 is 5.74. The SMILES string of the molecule is Clc1nccc2[c]c[nH]c12. The molecule has 3 heteroatoms. The molecule has 2 rings (SSSR count). The molecule has 0 bridgehead atoms. The van der Waals surface area contributed by atoms with Crippen molar-refractivity contribution in [1.29, 1.82) is 0 Å². The Balaban J connectivity index is 2.95. The molecule has 0 amide bonds. The van der Waals surface area contributed by atoms with Crippen molar-refractivity contribution in [3.8, 4) is 0 Å². The molecule has 0 aliphatic heterocycles. The molecular formula is C7H4ClN2. The average molecular weight is 152 g/mol. The lowest BCUT2D eigenvalue weighted by atomic mass is 10.3. The van der Waals surface area contributed by atoms with E-state index in [2.05, 4.69) is 16.0 Å². The van der Waals surface area contributed by atoms with Gasteiger partial charge in [0.15, 0.2) is 5.15 Å². The van der Waals surface area contributed by atoms with Crippen molar-refractivity contribution >= 4 is 22.5 Å². The monoisotopic (exact) mass is 151 g/mol. The average Bonchev–Trinajstić information content (AvgIpc) is 2.36. The molecule has 0 fully saturated rings. The highest BCUT2D eigenvalue weighted by Crippen LogP contribution is 2.17. The third-order valence-corrected chi connectivity index (χ3v) is 1.64. The predicted octanol–water partition coefficient (Wildman–Crippen LogP) is 2.02. The van der Waals surface area contributed by atoms with Crippen molar-refractivity contribution < 1.29 is 0 Å². The Morgan fingerprint density at radius 1 is 1.60 bits per heavy atom. The van der Waals surface area contributed by atoms with E-state index in [0.717, 1.165) is 10.9 Å².